The highest BCUT2D eigenvalue weighted by atomic mass is 32.1. The predicted molar refractivity (Wildman–Crippen MR) is 120 cm³/mol. The van der Waals surface area contributed by atoms with Crippen LogP contribution < -0.4 is 5.56 Å². The van der Waals surface area contributed by atoms with Crippen molar-refractivity contribution < 1.29 is 9.90 Å². The van der Waals surface area contributed by atoms with Crippen molar-refractivity contribution in [1.82, 2.24) is 29.5 Å². The second kappa shape index (κ2) is 8.03. The Balaban J connectivity index is 0.00000231. The largest absolute Gasteiger partial charge is 0.478 e. The molecule has 1 aliphatic carbocycles. The van der Waals surface area contributed by atoms with Gasteiger partial charge < -0.3 is 5.11 Å². The molecule has 1 aromatic carbocycles. The van der Waals surface area contributed by atoms with Crippen LogP contribution in [0.4, 0.5) is 0 Å². The molecule has 10 heteroatoms. The van der Waals surface area contributed by atoms with E-state index in [1.54, 1.807) is 10.9 Å². The maximum atomic E-state index is 12.9. The second-order valence-electron chi connectivity index (χ2n) is 7.60. The molecule has 0 spiro atoms. The maximum absolute atomic E-state index is 12.9. The van der Waals surface area contributed by atoms with E-state index in [1.807, 2.05) is 6.92 Å². The molecule has 0 radical (unpaired) electrons. The van der Waals surface area contributed by atoms with Gasteiger partial charge in [-0.15, -0.1) is 0 Å². The Morgan fingerprint density at radius 3 is 2.68 bits per heavy atom. The topological polar surface area (TPSA) is 119 Å². The molecule has 0 saturated heterocycles. The number of carboxylic acid groups (broad SMARTS) is 1. The average Bonchev–Trinajstić information content (AvgIpc) is 3.40. The van der Waals surface area contributed by atoms with Gasteiger partial charge in [0.05, 0.1) is 24.0 Å². The van der Waals surface area contributed by atoms with Gasteiger partial charge in [0.25, 0.3) is 5.56 Å². The van der Waals surface area contributed by atoms with Crippen molar-refractivity contribution in [1.29, 1.82) is 0 Å². The van der Waals surface area contributed by atoms with Crippen molar-refractivity contribution in [2.45, 2.75) is 38.6 Å². The summed E-state index contributed by atoms with van der Waals surface area (Å²) < 4.78 is 2.91. The fourth-order valence-corrected chi connectivity index (χ4v) is 4.06. The van der Waals surface area contributed by atoms with Gasteiger partial charge in [0, 0.05) is 6.20 Å². The zero-order valence-corrected chi connectivity index (χ0v) is 17.9. The summed E-state index contributed by atoms with van der Waals surface area (Å²) in [4.78, 5) is 31.0. The van der Waals surface area contributed by atoms with Crippen LogP contribution >= 0.6 is 13.5 Å². The van der Waals surface area contributed by atoms with Crippen LogP contribution in [0.1, 0.15) is 52.9 Å². The number of aromatic carboxylic acids is 1. The molecule has 9 nitrogen and oxygen atoms in total. The van der Waals surface area contributed by atoms with Crippen molar-refractivity contribution in [2.24, 2.45) is 0 Å². The Hall–Kier alpha value is -3.40. The van der Waals surface area contributed by atoms with Crippen LogP contribution in [-0.2, 0) is 12.8 Å². The van der Waals surface area contributed by atoms with Crippen LogP contribution in [0, 0.1) is 0 Å². The summed E-state index contributed by atoms with van der Waals surface area (Å²) in [6.45, 7) is 2.01. The highest BCUT2D eigenvalue weighted by molar-refractivity contribution is 7.59. The molecule has 0 aliphatic heterocycles. The molecule has 0 amide bonds. The average molecular weight is 439 g/mol. The lowest BCUT2D eigenvalue weighted by molar-refractivity contribution is 0.0697. The molecule has 5 rings (SSSR count). The van der Waals surface area contributed by atoms with E-state index in [2.05, 4.69) is 38.4 Å². The van der Waals surface area contributed by atoms with Crippen LogP contribution in [0.25, 0.3) is 17.0 Å². The molecule has 160 valence electrons. The molecule has 0 bridgehead atoms. The number of fused-ring (bicyclic) bond motifs is 2. The third kappa shape index (κ3) is 3.63. The lowest BCUT2D eigenvalue weighted by atomic mass is 9.89. The molecule has 1 atom stereocenters. The number of nitrogens with zero attached hydrogens (tertiary/aromatic N) is 5. The van der Waals surface area contributed by atoms with E-state index in [9.17, 15) is 9.59 Å². The number of aromatic amines is 1. The summed E-state index contributed by atoms with van der Waals surface area (Å²) in [6.07, 6.45) is 8.70. The molecule has 4 aromatic rings. The smallest absolute Gasteiger partial charge is 0.338 e. The molecular weight excluding hydrogens is 416 g/mol. The van der Waals surface area contributed by atoms with E-state index in [1.165, 1.54) is 41.0 Å². The Bertz CT molecular complexity index is 1340. The Labute approximate surface area is 184 Å². The first-order valence-corrected chi connectivity index (χ1v) is 9.89. The van der Waals surface area contributed by atoms with E-state index in [-0.39, 0.29) is 36.6 Å². The molecule has 0 unspecified atom stereocenters. The summed E-state index contributed by atoms with van der Waals surface area (Å²) in [5.74, 6) is -0.961. The number of H-pyrrole nitrogens is 1. The lowest BCUT2D eigenvalue weighted by Crippen LogP contribution is -2.19. The minimum Gasteiger partial charge on any atom is -0.478 e. The third-order valence-electron chi connectivity index (χ3n) is 5.71. The van der Waals surface area contributed by atoms with Gasteiger partial charge in [-0.1, -0.05) is 18.2 Å². The number of nitrogens with one attached hydrogen (secondary N) is 1. The molecular formula is C21H22N6O3S. The number of rotatable bonds is 4. The van der Waals surface area contributed by atoms with Gasteiger partial charge in [-0.25, -0.2) is 14.5 Å². The van der Waals surface area contributed by atoms with Crippen molar-refractivity contribution in [3.05, 3.63) is 69.4 Å². The highest BCUT2D eigenvalue weighted by Crippen LogP contribution is 2.27. The fraction of sp³-hybridized carbons (Fsp3) is 0.286. The van der Waals surface area contributed by atoms with Gasteiger partial charge in [-0.05, 0) is 49.3 Å². The summed E-state index contributed by atoms with van der Waals surface area (Å²) >= 11 is 0. The van der Waals surface area contributed by atoms with E-state index in [0.717, 1.165) is 18.4 Å². The second-order valence-corrected chi connectivity index (χ2v) is 7.60. The van der Waals surface area contributed by atoms with Crippen molar-refractivity contribution in [2.75, 3.05) is 0 Å². The van der Waals surface area contributed by atoms with Crippen LogP contribution in [0.2, 0.25) is 0 Å². The maximum Gasteiger partial charge on any atom is 0.338 e. The molecule has 31 heavy (non-hydrogen) atoms. The first-order valence-electron chi connectivity index (χ1n) is 9.89. The number of carboxylic acids is 1. The first-order chi connectivity index (χ1) is 14.5. The molecule has 3 aromatic heterocycles. The van der Waals surface area contributed by atoms with Crippen molar-refractivity contribution in [3.8, 4) is 5.95 Å². The van der Waals surface area contributed by atoms with E-state index in [4.69, 9.17) is 5.11 Å². The SMILES string of the molecule is C[C@@H](c1ccc2c(c1)CCCC2)n1ncc2nc(-n3cc(C(=O)O)cn3)[nH]c(=O)c21.S. The van der Waals surface area contributed by atoms with Gasteiger partial charge in [-0.3, -0.25) is 14.5 Å². The Kier molecular flexibility index (Phi) is 5.40. The summed E-state index contributed by atoms with van der Waals surface area (Å²) in [5, 5.41) is 17.4. The summed E-state index contributed by atoms with van der Waals surface area (Å²) in [5.41, 5.74) is 4.33. The van der Waals surface area contributed by atoms with E-state index >= 15 is 0 Å². The number of aryl methyl sites for hydroxylation is 2. The Morgan fingerprint density at radius 1 is 1.16 bits per heavy atom. The van der Waals surface area contributed by atoms with Gasteiger partial charge in [0.15, 0.2) is 5.52 Å². The monoisotopic (exact) mass is 438 g/mol. The zero-order valence-electron chi connectivity index (χ0n) is 16.9. The summed E-state index contributed by atoms with van der Waals surface area (Å²) in [7, 11) is 0. The standard InChI is InChI=1S/C21H20N6O3.H2S/c1-12(14-7-6-13-4-2-3-5-15(13)8-14)27-18-17(10-23-27)24-21(25-19(18)28)26-11-16(9-22-26)20(29)30;/h6-12H,2-5H2,1H3,(H,29,30)(H,24,25,28);1H2/t12-;/m0./s1. The first kappa shape index (κ1) is 20.9. The molecule has 2 N–H and O–H groups in total. The van der Waals surface area contributed by atoms with Crippen LogP contribution in [0.3, 0.4) is 0 Å². The van der Waals surface area contributed by atoms with Gasteiger partial charge in [0.1, 0.15) is 5.52 Å². The highest BCUT2D eigenvalue weighted by Gasteiger charge is 2.19. The fourth-order valence-electron chi connectivity index (χ4n) is 4.06. The van der Waals surface area contributed by atoms with Crippen molar-refractivity contribution in [3.63, 3.8) is 0 Å². The number of aromatic nitrogens is 6. The Morgan fingerprint density at radius 2 is 1.94 bits per heavy atom. The lowest BCUT2D eigenvalue weighted by Gasteiger charge is -2.19. The van der Waals surface area contributed by atoms with Gasteiger partial charge >= 0.3 is 5.97 Å². The molecule has 1 aliphatic rings. The van der Waals surface area contributed by atoms with Crippen molar-refractivity contribution >= 4 is 30.5 Å². The predicted octanol–water partition coefficient (Wildman–Crippen LogP) is 2.60. The number of hydrogen-bond acceptors (Lipinski definition) is 5. The van der Waals surface area contributed by atoms with Crippen LogP contribution in [0.15, 0.2) is 41.6 Å². The third-order valence-corrected chi connectivity index (χ3v) is 5.71. The van der Waals surface area contributed by atoms with E-state index < -0.39 is 5.97 Å². The summed E-state index contributed by atoms with van der Waals surface area (Å²) in [6, 6.07) is 6.38. The number of carbonyl (C=O) groups is 1. The quantitative estimate of drug-likeness (QED) is 0.506. The normalized spacial score (nSPS) is 14.1. The van der Waals surface area contributed by atoms with Crippen LogP contribution in [0.5, 0.6) is 0 Å². The molecule has 0 saturated carbocycles. The zero-order chi connectivity index (χ0) is 20.8. The molecule has 3 heterocycles. The minimum atomic E-state index is -1.10. The molecule has 0 fully saturated rings. The number of benzene rings is 1. The minimum absolute atomic E-state index is 0. The van der Waals surface area contributed by atoms with E-state index in [0.29, 0.717) is 11.0 Å². The van der Waals surface area contributed by atoms with Crippen LogP contribution in [-0.4, -0.2) is 40.6 Å². The number of hydrogen-bond donors (Lipinski definition) is 2. The van der Waals surface area contributed by atoms with Gasteiger partial charge in [-0.2, -0.15) is 23.7 Å². The van der Waals surface area contributed by atoms with Gasteiger partial charge in [0.2, 0.25) is 5.95 Å².